The van der Waals surface area contributed by atoms with Crippen LogP contribution >= 0.6 is 0 Å². The minimum atomic E-state index is -1.14. The summed E-state index contributed by atoms with van der Waals surface area (Å²) in [6, 6.07) is 10.8. The molecule has 764 valence electrons. The summed E-state index contributed by atoms with van der Waals surface area (Å²) in [4.78, 5) is 207. The molecule has 0 spiro atoms. The maximum Gasteiger partial charge on any atom is 0.335 e. The van der Waals surface area contributed by atoms with Crippen molar-refractivity contribution in [2.75, 3.05) is 152 Å². The Balaban J connectivity index is 1.19. The second-order valence-electron chi connectivity index (χ2n) is 34.5. The van der Waals surface area contributed by atoms with Gasteiger partial charge in [0, 0.05) is 133 Å². The number of nitrogens with one attached hydrogen (secondary N) is 6. The second kappa shape index (κ2) is 76.0. The van der Waals surface area contributed by atoms with Gasteiger partial charge in [0.15, 0.2) is 17.3 Å². The quantitative estimate of drug-likeness (QED) is 0.0234. The number of Topliss-reactive ketones (excluding diaryl/α,β-unsaturated/α-hetero) is 8. The summed E-state index contributed by atoms with van der Waals surface area (Å²) >= 11 is 0. The van der Waals surface area contributed by atoms with E-state index in [9.17, 15) is 86.9 Å². The molecular weight excluding hydrogens is 1770 g/mol. The van der Waals surface area contributed by atoms with Gasteiger partial charge in [0.1, 0.15) is 66.8 Å². The first-order valence-electron chi connectivity index (χ1n) is 48.1. The van der Waals surface area contributed by atoms with Gasteiger partial charge in [-0.1, -0.05) is 84.5 Å². The summed E-state index contributed by atoms with van der Waals surface area (Å²) in [5.41, 5.74) is 6.14. The molecule has 0 bridgehead atoms. The van der Waals surface area contributed by atoms with Crippen LogP contribution in [0.1, 0.15) is 265 Å². The number of nitrogens with zero attached hydrogens (tertiary/aromatic N) is 1. The molecule has 2 aromatic carbocycles. The van der Waals surface area contributed by atoms with E-state index in [2.05, 4.69) is 36.6 Å². The van der Waals surface area contributed by atoms with Gasteiger partial charge in [-0.05, 0) is 139 Å². The van der Waals surface area contributed by atoms with Crippen molar-refractivity contribution in [3.63, 3.8) is 0 Å². The molecule has 5 atom stereocenters. The number of imidazole rings is 1. The van der Waals surface area contributed by atoms with Crippen LogP contribution in [0.5, 0.6) is 11.5 Å². The van der Waals surface area contributed by atoms with Gasteiger partial charge in [0.25, 0.3) is 0 Å². The van der Waals surface area contributed by atoms with Gasteiger partial charge < -0.3 is 105 Å². The van der Waals surface area contributed by atoms with Crippen LogP contribution in [0.25, 0.3) is 0 Å². The SMILES string of the molecule is CC(=O)[C@H](CCCCNC(=O)COCCOCCNC(=O)COCCOCCCC(=O)CC[C@H](CC(=O)CCCCCCCCCOc1ccc(C(=O)O)cc1)C(=O)O)CC(=O)[C@H](CCCCNC(=O)COCCOCCCC(=O)COCCOCCNC(=O)CC[C@H](CC(=O)CCCCCCCCCOc1ccc(C(=O)O)cc1)C(=O)O)NCC(=O)C(C)(C)CC(=O)[C@@H](N)Cc1cnc[nH]1. The van der Waals surface area contributed by atoms with E-state index >= 15 is 0 Å². The number of carbonyl (C=O) groups excluding carboxylic acids is 12. The summed E-state index contributed by atoms with van der Waals surface area (Å²) in [5, 5.41) is 51.4. The highest BCUT2D eigenvalue weighted by Crippen LogP contribution is 2.26. The van der Waals surface area contributed by atoms with Gasteiger partial charge in [-0.25, -0.2) is 14.6 Å². The Labute approximate surface area is 798 Å². The first-order chi connectivity index (χ1) is 65.4. The smallest absolute Gasteiger partial charge is 0.335 e. The first-order valence-corrected chi connectivity index (χ1v) is 48.1. The third kappa shape index (κ3) is 62.7. The van der Waals surface area contributed by atoms with Gasteiger partial charge in [-0.3, -0.25) is 67.1 Å². The number of nitrogens with two attached hydrogens (primary N) is 1. The number of aromatic amines is 1. The highest BCUT2D eigenvalue weighted by atomic mass is 16.5. The number of benzene rings is 2. The molecule has 1 aromatic heterocycles. The summed E-state index contributed by atoms with van der Waals surface area (Å²) in [6.45, 7) is 7.64. The van der Waals surface area contributed by atoms with Crippen molar-refractivity contribution in [1.29, 1.82) is 0 Å². The van der Waals surface area contributed by atoms with E-state index in [4.69, 9.17) is 63.3 Å². The average molecular weight is 1920 g/mol. The fraction of sp³-hybridized carbons (Fsp3) is 0.684. The molecule has 38 heteroatoms. The molecular formula is C98H152N8O30. The lowest BCUT2D eigenvalue weighted by atomic mass is 9.81. The van der Waals surface area contributed by atoms with E-state index in [1.165, 1.54) is 37.5 Å². The zero-order chi connectivity index (χ0) is 99.6. The number of carboxylic acids is 4. The standard InChI is InChI=1S/C98H152N8O30/c1-72(107)75(24-16-18-42-101-91(116)69-134-59-55-130-51-45-104-93(118)70-133-58-52-127-46-22-27-79(108)36-30-76(96(123)124)60-80(109)25-14-10-6-4-8-12-20-48-135-83-37-31-73(32-38-83)94(119)120)62-87(112)86(105-66-89(114)98(2,3)64-88(113)85(99)63-78-65-100-71-106-78)29-17-19-43-102-92(117)68-132-57-53-128-47-23-28-82(111)67-131-56-54-129-50-44-103-90(115)41-35-77(97(125)126)61-81(110)26-15-11-7-5-9-13-21-49-136-84-39-33-74(34-40-84)95(121)122/h31-34,37-40,65,71,75-77,85-86,105H,4-30,35-36,41-64,66-70,99H2,1-3H3,(H,100,106)(H,101,116)(H,102,117)(H,103,115)(H,104,118)(H,119,120)(H,121,122)(H,123,124)(H,125,126)/t75-,76-,77-,85+,86+/m1/s1. The molecule has 3 rings (SSSR count). The zero-order valence-corrected chi connectivity index (χ0v) is 80.1. The van der Waals surface area contributed by atoms with Crippen molar-refractivity contribution >= 4 is 93.8 Å². The van der Waals surface area contributed by atoms with Crippen LogP contribution in [0.15, 0.2) is 61.1 Å². The first kappa shape index (κ1) is 120. The molecule has 0 fully saturated rings. The van der Waals surface area contributed by atoms with Crippen molar-refractivity contribution in [1.82, 2.24) is 36.6 Å². The van der Waals surface area contributed by atoms with Crippen LogP contribution in [0.4, 0.5) is 0 Å². The molecule has 1 heterocycles. The summed E-state index contributed by atoms with van der Waals surface area (Å²) < 4.78 is 55.0. The normalized spacial score (nSPS) is 12.5. The number of H-pyrrole nitrogens is 1. The fourth-order valence-electron chi connectivity index (χ4n) is 14.2. The maximum atomic E-state index is 14.1. The Morgan fingerprint density at radius 2 is 0.787 bits per heavy atom. The van der Waals surface area contributed by atoms with Gasteiger partial charge in [0.2, 0.25) is 23.6 Å². The molecule has 12 N–H and O–H groups in total. The summed E-state index contributed by atoms with van der Waals surface area (Å²) in [7, 11) is 0. The fourth-order valence-corrected chi connectivity index (χ4v) is 14.2. The number of ketones is 8. The molecule has 3 aromatic rings. The number of hydrogen-bond acceptors (Lipinski definition) is 29. The molecule has 0 aliphatic heterocycles. The molecule has 0 saturated heterocycles. The number of aromatic carboxylic acids is 2. The predicted molar refractivity (Wildman–Crippen MR) is 501 cm³/mol. The van der Waals surface area contributed by atoms with Crippen molar-refractivity contribution in [3.05, 3.63) is 77.9 Å². The van der Waals surface area contributed by atoms with Crippen molar-refractivity contribution in [2.45, 2.75) is 258 Å². The van der Waals surface area contributed by atoms with Crippen LogP contribution in [0.2, 0.25) is 0 Å². The molecule has 0 unspecified atom stereocenters. The summed E-state index contributed by atoms with van der Waals surface area (Å²) in [6.07, 6.45) is 19.9. The number of ether oxygens (including phenoxy) is 10. The van der Waals surface area contributed by atoms with Crippen LogP contribution in [-0.2, 0) is 111 Å². The maximum absolute atomic E-state index is 14.1. The van der Waals surface area contributed by atoms with E-state index in [1.54, 1.807) is 44.3 Å². The Morgan fingerprint density at radius 1 is 0.382 bits per heavy atom. The highest BCUT2D eigenvalue weighted by molar-refractivity contribution is 5.95. The van der Waals surface area contributed by atoms with Crippen LogP contribution in [-0.4, -0.2) is 288 Å². The average Bonchev–Trinajstić information content (AvgIpc) is 1.02. The number of carbonyl (C=O) groups is 16. The lowest BCUT2D eigenvalue weighted by Gasteiger charge is -2.26. The number of unbranched alkanes of at least 4 members (excludes halogenated alkanes) is 14. The number of carboxylic acid groups (broad SMARTS) is 4. The number of rotatable bonds is 93. The molecule has 136 heavy (non-hydrogen) atoms. The van der Waals surface area contributed by atoms with Crippen LogP contribution in [0.3, 0.4) is 0 Å². The molecule has 38 nitrogen and oxygen atoms in total. The van der Waals surface area contributed by atoms with Crippen molar-refractivity contribution in [3.8, 4) is 11.5 Å². The minimum Gasteiger partial charge on any atom is -0.494 e. The third-order valence-electron chi connectivity index (χ3n) is 22.4. The number of aromatic nitrogens is 2. The largest absolute Gasteiger partial charge is 0.494 e. The van der Waals surface area contributed by atoms with E-state index in [0.717, 1.165) is 77.0 Å². The number of aliphatic carboxylic acids is 2. The van der Waals surface area contributed by atoms with Crippen molar-refractivity contribution < 1.29 is 145 Å². The Morgan fingerprint density at radius 3 is 1.24 bits per heavy atom. The Bertz CT molecular complexity index is 3960. The Hall–Kier alpha value is -10.0. The Kier molecular flexibility index (Phi) is 67.1. The third-order valence-corrected chi connectivity index (χ3v) is 22.4. The monoisotopic (exact) mass is 1920 g/mol. The number of amides is 4. The second-order valence-corrected chi connectivity index (χ2v) is 34.5. The van der Waals surface area contributed by atoms with E-state index in [1.807, 2.05) is 0 Å². The molecule has 0 radical (unpaired) electrons. The van der Waals surface area contributed by atoms with Gasteiger partial charge in [-0.2, -0.15) is 0 Å². The van der Waals surface area contributed by atoms with E-state index in [0.29, 0.717) is 94.6 Å². The topological polar surface area (TPSA) is 561 Å². The van der Waals surface area contributed by atoms with Crippen molar-refractivity contribution in [2.24, 2.45) is 28.9 Å². The molecule has 4 amide bonds. The lowest BCUT2D eigenvalue weighted by molar-refractivity contribution is -0.144. The predicted octanol–water partition coefficient (Wildman–Crippen LogP) is 9.27. The van der Waals surface area contributed by atoms with E-state index in [-0.39, 0.29) is 303 Å². The summed E-state index contributed by atoms with van der Waals surface area (Å²) in [5.74, 6) is -8.60. The zero-order valence-electron chi connectivity index (χ0n) is 80.1. The molecule has 0 aliphatic rings. The van der Waals surface area contributed by atoms with Gasteiger partial charge in [0.05, 0.1) is 127 Å². The van der Waals surface area contributed by atoms with Crippen LogP contribution < -0.4 is 41.8 Å². The van der Waals surface area contributed by atoms with Gasteiger partial charge in [-0.15, -0.1) is 0 Å². The highest BCUT2D eigenvalue weighted by Gasteiger charge is 2.34. The number of hydrogen-bond donors (Lipinski definition) is 11. The minimum absolute atomic E-state index is 0.0259. The lowest BCUT2D eigenvalue weighted by Crippen LogP contribution is -2.45. The van der Waals surface area contributed by atoms with Gasteiger partial charge >= 0.3 is 23.9 Å². The molecule has 0 saturated carbocycles. The van der Waals surface area contributed by atoms with Crippen LogP contribution in [0, 0.1) is 23.2 Å². The van der Waals surface area contributed by atoms with E-state index < -0.39 is 59.1 Å². The molecule has 0 aliphatic carbocycles.